The number of rotatable bonds is 5. The molecule has 2 amide bonds. The Hall–Kier alpha value is -2.64. The maximum atomic E-state index is 12.3. The van der Waals surface area contributed by atoms with Crippen LogP contribution in [0.25, 0.3) is 0 Å². The Morgan fingerprint density at radius 2 is 1.96 bits per heavy atom. The highest BCUT2D eigenvalue weighted by Gasteiger charge is 2.21. The number of halogens is 1. The van der Waals surface area contributed by atoms with Crippen LogP contribution in [0.15, 0.2) is 41.8 Å². The van der Waals surface area contributed by atoms with Gasteiger partial charge in [0.2, 0.25) is 0 Å². The molecule has 6 nitrogen and oxygen atoms in total. The minimum Gasteiger partial charge on any atom is -0.345 e. The van der Waals surface area contributed by atoms with Gasteiger partial charge < -0.3 is 10.6 Å². The summed E-state index contributed by atoms with van der Waals surface area (Å²) >= 11 is 7.64. The van der Waals surface area contributed by atoms with Crippen LogP contribution in [0, 0.1) is 20.8 Å². The van der Waals surface area contributed by atoms with Crippen molar-refractivity contribution in [3.63, 3.8) is 0 Å². The minimum absolute atomic E-state index is 0.181. The van der Waals surface area contributed by atoms with Crippen LogP contribution < -0.4 is 10.6 Å². The first-order valence-corrected chi connectivity index (χ1v) is 10.0. The van der Waals surface area contributed by atoms with Crippen molar-refractivity contribution in [3.8, 4) is 0 Å². The zero-order chi connectivity index (χ0) is 20.3. The van der Waals surface area contributed by atoms with Gasteiger partial charge in [0.15, 0.2) is 0 Å². The SMILES string of the molecule is Cc1cc(C)n([C@@H](CNC(=O)C(=O)Nc2ccc(C)c(Cl)c2)c2cccs2)n1. The number of carbonyl (C=O) groups is 2. The molecule has 0 aliphatic carbocycles. The molecular weight excluding hydrogens is 396 g/mol. The Kier molecular flexibility index (Phi) is 6.16. The molecular formula is C20H21ClN4O2S. The van der Waals surface area contributed by atoms with Gasteiger partial charge in [-0.1, -0.05) is 23.7 Å². The number of hydrogen-bond acceptors (Lipinski definition) is 4. The first-order chi connectivity index (χ1) is 13.3. The highest BCUT2D eigenvalue weighted by atomic mass is 35.5. The normalized spacial score (nSPS) is 11.9. The molecule has 8 heteroatoms. The molecule has 0 saturated heterocycles. The summed E-state index contributed by atoms with van der Waals surface area (Å²) in [5.41, 5.74) is 3.26. The van der Waals surface area contributed by atoms with Gasteiger partial charge in [-0.25, -0.2) is 0 Å². The lowest BCUT2D eigenvalue weighted by molar-refractivity contribution is -0.136. The van der Waals surface area contributed by atoms with E-state index < -0.39 is 11.8 Å². The topological polar surface area (TPSA) is 76.0 Å². The lowest BCUT2D eigenvalue weighted by Gasteiger charge is -2.18. The van der Waals surface area contributed by atoms with Crippen molar-refractivity contribution in [1.82, 2.24) is 15.1 Å². The molecule has 0 unspecified atom stereocenters. The van der Waals surface area contributed by atoms with Gasteiger partial charge in [-0.3, -0.25) is 14.3 Å². The van der Waals surface area contributed by atoms with E-state index in [9.17, 15) is 9.59 Å². The number of aryl methyl sites for hydroxylation is 3. The molecule has 1 atom stereocenters. The summed E-state index contributed by atoms with van der Waals surface area (Å²) in [7, 11) is 0. The van der Waals surface area contributed by atoms with Crippen LogP contribution in [0.4, 0.5) is 5.69 Å². The molecule has 3 aromatic rings. The molecule has 0 aliphatic heterocycles. The van der Waals surface area contributed by atoms with Crippen LogP contribution >= 0.6 is 22.9 Å². The Morgan fingerprint density at radius 1 is 1.18 bits per heavy atom. The summed E-state index contributed by atoms with van der Waals surface area (Å²) in [4.78, 5) is 25.6. The fraction of sp³-hybridized carbons (Fsp3) is 0.250. The van der Waals surface area contributed by atoms with E-state index in [1.54, 1.807) is 29.5 Å². The summed E-state index contributed by atoms with van der Waals surface area (Å²) in [5.74, 6) is -1.45. The van der Waals surface area contributed by atoms with E-state index >= 15 is 0 Å². The van der Waals surface area contributed by atoms with Crippen molar-refractivity contribution in [2.75, 3.05) is 11.9 Å². The van der Waals surface area contributed by atoms with Gasteiger partial charge in [0.25, 0.3) is 0 Å². The van der Waals surface area contributed by atoms with Crippen molar-refractivity contribution >= 4 is 40.4 Å². The van der Waals surface area contributed by atoms with Crippen LogP contribution in [-0.2, 0) is 9.59 Å². The average molecular weight is 417 g/mol. The molecule has 2 N–H and O–H groups in total. The lowest BCUT2D eigenvalue weighted by Crippen LogP contribution is -2.39. The third-order valence-corrected chi connectivity index (χ3v) is 5.68. The molecule has 2 heterocycles. The molecule has 2 aromatic heterocycles. The van der Waals surface area contributed by atoms with Crippen LogP contribution in [0.1, 0.15) is 27.9 Å². The second kappa shape index (κ2) is 8.58. The quantitative estimate of drug-likeness (QED) is 0.620. The van der Waals surface area contributed by atoms with Gasteiger partial charge in [-0.2, -0.15) is 5.10 Å². The fourth-order valence-electron chi connectivity index (χ4n) is 2.88. The van der Waals surface area contributed by atoms with E-state index in [0.29, 0.717) is 10.7 Å². The van der Waals surface area contributed by atoms with Gasteiger partial charge in [0.1, 0.15) is 6.04 Å². The smallest absolute Gasteiger partial charge is 0.313 e. The standard InChI is InChI=1S/C20H21ClN4O2S/c1-12-6-7-15(10-16(12)21)23-20(27)19(26)22-11-17(18-5-4-8-28-18)25-14(3)9-13(2)24-25/h4-10,17H,11H2,1-3H3,(H,22,26)(H,23,27)/t17-/m0/s1. The number of thiophene rings is 1. The average Bonchev–Trinajstić information content (AvgIpc) is 3.28. The second-order valence-corrected chi connectivity index (χ2v) is 7.92. The molecule has 146 valence electrons. The molecule has 28 heavy (non-hydrogen) atoms. The van der Waals surface area contributed by atoms with Crippen LogP contribution in [0.3, 0.4) is 0 Å². The van der Waals surface area contributed by atoms with E-state index in [1.165, 1.54) is 0 Å². The maximum absolute atomic E-state index is 12.3. The Labute approximate surface area is 172 Å². The minimum atomic E-state index is -0.738. The first-order valence-electron chi connectivity index (χ1n) is 8.76. The van der Waals surface area contributed by atoms with Crippen LogP contribution in [-0.4, -0.2) is 28.1 Å². The molecule has 1 aromatic carbocycles. The van der Waals surface area contributed by atoms with Gasteiger partial charge in [0, 0.05) is 27.8 Å². The van der Waals surface area contributed by atoms with E-state index in [2.05, 4.69) is 15.7 Å². The molecule has 3 rings (SSSR count). The van der Waals surface area contributed by atoms with Crippen molar-refractivity contribution in [1.29, 1.82) is 0 Å². The number of benzene rings is 1. The zero-order valence-corrected chi connectivity index (χ0v) is 17.4. The Balaban J connectivity index is 1.68. The summed E-state index contributed by atoms with van der Waals surface area (Å²) in [5, 5.41) is 12.3. The highest BCUT2D eigenvalue weighted by Crippen LogP contribution is 2.24. The van der Waals surface area contributed by atoms with Crippen LogP contribution in [0.5, 0.6) is 0 Å². The van der Waals surface area contributed by atoms with Crippen molar-refractivity contribution in [3.05, 3.63) is 68.6 Å². The largest absolute Gasteiger partial charge is 0.345 e. The Bertz CT molecular complexity index is 998. The van der Waals surface area contributed by atoms with Crippen LogP contribution in [0.2, 0.25) is 5.02 Å². The monoisotopic (exact) mass is 416 g/mol. The van der Waals surface area contributed by atoms with E-state index in [-0.39, 0.29) is 12.6 Å². The number of nitrogens with zero attached hydrogens (tertiary/aromatic N) is 2. The van der Waals surface area contributed by atoms with Gasteiger partial charge in [0.05, 0.1) is 5.69 Å². The van der Waals surface area contributed by atoms with Gasteiger partial charge >= 0.3 is 11.8 Å². The number of nitrogens with one attached hydrogen (secondary N) is 2. The third-order valence-electron chi connectivity index (χ3n) is 4.30. The van der Waals surface area contributed by atoms with Crippen molar-refractivity contribution in [2.24, 2.45) is 0 Å². The molecule has 0 saturated carbocycles. The first kappa shape index (κ1) is 20.1. The summed E-state index contributed by atoms with van der Waals surface area (Å²) in [6, 6.07) is 10.9. The molecule has 0 aliphatic rings. The van der Waals surface area contributed by atoms with Gasteiger partial charge in [-0.15, -0.1) is 11.3 Å². The summed E-state index contributed by atoms with van der Waals surface area (Å²) in [6.07, 6.45) is 0. The fourth-order valence-corrected chi connectivity index (χ4v) is 3.87. The number of hydrogen-bond donors (Lipinski definition) is 2. The zero-order valence-electron chi connectivity index (χ0n) is 15.8. The molecule has 0 radical (unpaired) electrons. The number of aromatic nitrogens is 2. The number of anilines is 1. The van der Waals surface area contributed by atoms with Crippen molar-refractivity contribution in [2.45, 2.75) is 26.8 Å². The van der Waals surface area contributed by atoms with E-state index in [4.69, 9.17) is 11.6 Å². The van der Waals surface area contributed by atoms with Crippen molar-refractivity contribution < 1.29 is 9.59 Å². The second-order valence-electron chi connectivity index (χ2n) is 6.53. The summed E-state index contributed by atoms with van der Waals surface area (Å²) < 4.78 is 1.87. The predicted molar refractivity (Wildman–Crippen MR) is 112 cm³/mol. The maximum Gasteiger partial charge on any atom is 0.313 e. The summed E-state index contributed by atoms with van der Waals surface area (Å²) in [6.45, 7) is 6.01. The molecule has 0 spiro atoms. The van der Waals surface area contributed by atoms with Gasteiger partial charge in [-0.05, 0) is 56.0 Å². The third kappa shape index (κ3) is 4.61. The predicted octanol–water partition coefficient (Wildman–Crippen LogP) is 3.87. The highest BCUT2D eigenvalue weighted by molar-refractivity contribution is 7.10. The van der Waals surface area contributed by atoms with E-state index in [0.717, 1.165) is 21.8 Å². The number of amides is 2. The number of carbonyl (C=O) groups excluding carboxylic acids is 2. The Morgan fingerprint density at radius 3 is 2.57 bits per heavy atom. The van der Waals surface area contributed by atoms with E-state index in [1.807, 2.05) is 49.0 Å². The molecule has 0 bridgehead atoms. The molecule has 0 fully saturated rings. The lowest BCUT2D eigenvalue weighted by atomic mass is 10.2.